The van der Waals surface area contributed by atoms with Crippen LogP contribution in [-0.2, 0) is 11.8 Å². The number of carboxylic acids is 1. The van der Waals surface area contributed by atoms with Crippen LogP contribution in [0.15, 0.2) is 17.8 Å². The Morgan fingerprint density at radius 2 is 2.12 bits per heavy atom. The van der Waals surface area contributed by atoms with Crippen LogP contribution in [0.1, 0.15) is 29.8 Å². The average molecular weight is 346 g/mol. The van der Waals surface area contributed by atoms with Gasteiger partial charge in [0.25, 0.3) is 5.91 Å². The van der Waals surface area contributed by atoms with Crippen LogP contribution in [-0.4, -0.2) is 49.7 Å². The first-order valence-corrected chi connectivity index (χ1v) is 8.83. The minimum atomic E-state index is -0.699. The highest BCUT2D eigenvalue weighted by Gasteiger charge is 2.59. The fourth-order valence-corrected chi connectivity index (χ4v) is 4.37. The molecule has 1 saturated carbocycles. The Labute approximate surface area is 142 Å². The van der Waals surface area contributed by atoms with E-state index in [-0.39, 0.29) is 17.2 Å². The second-order valence-corrected chi connectivity index (χ2v) is 7.55. The van der Waals surface area contributed by atoms with Gasteiger partial charge in [0.15, 0.2) is 0 Å². The van der Waals surface area contributed by atoms with Crippen molar-refractivity contribution in [3.8, 4) is 10.6 Å². The monoisotopic (exact) mass is 346 g/mol. The summed E-state index contributed by atoms with van der Waals surface area (Å²) in [6.07, 6.45) is 5.91. The van der Waals surface area contributed by atoms with E-state index in [1.807, 2.05) is 13.2 Å². The third kappa shape index (κ3) is 2.50. The van der Waals surface area contributed by atoms with Crippen molar-refractivity contribution < 1.29 is 14.7 Å². The van der Waals surface area contributed by atoms with Crippen molar-refractivity contribution in [3.63, 3.8) is 0 Å². The van der Waals surface area contributed by atoms with Crippen molar-refractivity contribution in [2.45, 2.75) is 19.3 Å². The number of aliphatic carboxylic acids is 1. The zero-order valence-corrected chi connectivity index (χ0v) is 14.1. The van der Waals surface area contributed by atoms with E-state index in [1.165, 1.54) is 11.3 Å². The average Bonchev–Trinajstić information content (AvgIpc) is 2.92. The van der Waals surface area contributed by atoms with Crippen LogP contribution in [0, 0.1) is 11.3 Å². The molecule has 24 heavy (non-hydrogen) atoms. The van der Waals surface area contributed by atoms with Gasteiger partial charge in [0.05, 0.1) is 12.1 Å². The van der Waals surface area contributed by atoms with Crippen molar-refractivity contribution in [1.82, 2.24) is 19.7 Å². The molecular weight excluding hydrogens is 328 g/mol. The summed E-state index contributed by atoms with van der Waals surface area (Å²) >= 11 is 1.44. The minimum Gasteiger partial charge on any atom is -0.481 e. The molecule has 1 amide bonds. The summed E-state index contributed by atoms with van der Waals surface area (Å²) < 4.78 is 1.71. The Kier molecular flexibility index (Phi) is 3.45. The van der Waals surface area contributed by atoms with Crippen molar-refractivity contribution in [3.05, 3.63) is 23.5 Å². The lowest BCUT2D eigenvalue weighted by Gasteiger charge is -2.32. The van der Waals surface area contributed by atoms with Crippen molar-refractivity contribution in [1.29, 1.82) is 0 Å². The lowest BCUT2D eigenvalue weighted by Crippen LogP contribution is -2.40. The third-order valence-electron chi connectivity index (χ3n) is 5.21. The topological polar surface area (TPSA) is 88.3 Å². The number of carboxylic acid groups (broad SMARTS) is 1. The van der Waals surface area contributed by atoms with Gasteiger partial charge in [-0.05, 0) is 24.7 Å². The van der Waals surface area contributed by atoms with Crippen LogP contribution >= 0.6 is 11.3 Å². The molecule has 1 saturated heterocycles. The number of amides is 1. The number of rotatable bonds is 3. The second kappa shape index (κ2) is 5.41. The summed E-state index contributed by atoms with van der Waals surface area (Å²) in [6.45, 7) is 1.23. The van der Waals surface area contributed by atoms with Crippen LogP contribution in [0.2, 0.25) is 0 Å². The summed E-state index contributed by atoms with van der Waals surface area (Å²) in [5.74, 6) is -0.981. The first kappa shape index (κ1) is 15.3. The molecule has 2 aromatic rings. The van der Waals surface area contributed by atoms with Gasteiger partial charge in [-0.3, -0.25) is 14.3 Å². The number of nitrogens with zero attached hydrogens (tertiary/aromatic N) is 4. The van der Waals surface area contributed by atoms with Gasteiger partial charge in [0.1, 0.15) is 10.7 Å². The number of aromatic nitrogens is 3. The largest absolute Gasteiger partial charge is 0.481 e. The number of thiazole rings is 1. The molecule has 0 aromatic carbocycles. The normalized spacial score (nSPS) is 21.9. The van der Waals surface area contributed by atoms with Crippen LogP contribution in [0.3, 0.4) is 0 Å². The summed E-state index contributed by atoms with van der Waals surface area (Å²) in [7, 11) is 1.84. The first-order valence-electron chi connectivity index (χ1n) is 7.95. The first-order chi connectivity index (χ1) is 11.5. The summed E-state index contributed by atoms with van der Waals surface area (Å²) in [5, 5.41) is 15.8. The second-order valence-electron chi connectivity index (χ2n) is 6.69. The Bertz CT molecular complexity index is 804. The molecule has 7 nitrogen and oxygen atoms in total. The fourth-order valence-electron chi connectivity index (χ4n) is 3.60. The van der Waals surface area contributed by atoms with E-state index < -0.39 is 5.97 Å². The number of carbonyl (C=O) groups is 2. The van der Waals surface area contributed by atoms with E-state index in [1.54, 1.807) is 21.2 Å². The van der Waals surface area contributed by atoms with Crippen LogP contribution in [0.25, 0.3) is 10.6 Å². The summed E-state index contributed by atoms with van der Waals surface area (Å²) in [4.78, 5) is 30.0. The molecule has 1 aliphatic heterocycles. The fraction of sp³-hybridized carbons (Fsp3) is 0.500. The lowest BCUT2D eigenvalue weighted by molar-refractivity contribution is -0.139. The highest BCUT2D eigenvalue weighted by molar-refractivity contribution is 7.13. The van der Waals surface area contributed by atoms with Gasteiger partial charge in [0, 0.05) is 37.3 Å². The smallest absolute Gasteiger partial charge is 0.307 e. The molecule has 1 N–H and O–H groups in total. The number of aryl methyl sites for hydroxylation is 1. The van der Waals surface area contributed by atoms with Crippen LogP contribution < -0.4 is 0 Å². The minimum absolute atomic E-state index is 0.0639. The van der Waals surface area contributed by atoms with Crippen molar-refractivity contribution in [2.24, 2.45) is 18.4 Å². The maximum absolute atomic E-state index is 12.6. The van der Waals surface area contributed by atoms with Crippen LogP contribution in [0.5, 0.6) is 0 Å². The highest BCUT2D eigenvalue weighted by atomic mass is 32.1. The molecule has 0 bridgehead atoms. The highest BCUT2D eigenvalue weighted by Crippen LogP contribution is 2.59. The molecule has 2 aliphatic rings. The molecule has 0 radical (unpaired) electrons. The number of hydrogen-bond acceptors (Lipinski definition) is 5. The third-order valence-corrected chi connectivity index (χ3v) is 6.10. The molecule has 1 aliphatic carbocycles. The van der Waals surface area contributed by atoms with Gasteiger partial charge < -0.3 is 10.0 Å². The Morgan fingerprint density at radius 1 is 1.38 bits per heavy atom. The van der Waals surface area contributed by atoms with E-state index in [4.69, 9.17) is 5.11 Å². The zero-order valence-electron chi connectivity index (χ0n) is 13.3. The molecule has 2 fully saturated rings. The molecule has 1 spiro atoms. The maximum atomic E-state index is 12.6. The van der Waals surface area contributed by atoms with E-state index in [0.717, 1.165) is 29.8 Å². The Balaban J connectivity index is 1.42. The van der Waals surface area contributed by atoms with Gasteiger partial charge in [-0.15, -0.1) is 11.3 Å². The maximum Gasteiger partial charge on any atom is 0.307 e. The summed E-state index contributed by atoms with van der Waals surface area (Å²) in [5.41, 5.74) is 1.30. The molecule has 1 unspecified atom stereocenters. The molecule has 3 heterocycles. The van der Waals surface area contributed by atoms with E-state index in [9.17, 15) is 9.59 Å². The van der Waals surface area contributed by atoms with Crippen molar-refractivity contribution in [2.75, 3.05) is 13.1 Å². The van der Waals surface area contributed by atoms with Gasteiger partial charge in [0.2, 0.25) is 0 Å². The Hall–Kier alpha value is -2.22. The molecular formula is C16H18N4O3S. The SMILES string of the molecule is Cn1cc(-c2nc(C(=O)N3CCC4(CC3)CC4C(=O)O)cs2)cn1. The predicted octanol–water partition coefficient (Wildman–Crippen LogP) is 1.87. The molecule has 2 aromatic heterocycles. The van der Waals surface area contributed by atoms with Gasteiger partial charge in [-0.1, -0.05) is 0 Å². The zero-order chi connectivity index (χ0) is 16.9. The van der Waals surface area contributed by atoms with E-state index >= 15 is 0 Å². The van der Waals surface area contributed by atoms with Gasteiger partial charge >= 0.3 is 5.97 Å². The predicted molar refractivity (Wildman–Crippen MR) is 87.6 cm³/mol. The van der Waals surface area contributed by atoms with Crippen LogP contribution in [0.4, 0.5) is 0 Å². The van der Waals surface area contributed by atoms with Gasteiger partial charge in [-0.2, -0.15) is 5.10 Å². The quantitative estimate of drug-likeness (QED) is 0.916. The lowest BCUT2D eigenvalue weighted by atomic mass is 9.90. The number of likely N-dealkylation sites (tertiary alicyclic amines) is 1. The number of hydrogen-bond donors (Lipinski definition) is 1. The van der Waals surface area contributed by atoms with E-state index in [0.29, 0.717) is 18.8 Å². The number of carbonyl (C=O) groups excluding carboxylic acids is 1. The molecule has 126 valence electrons. The standard InChI is InChI=1S/C16H18N4O3S/c1-19-8-10(7-17-19)13-18-12(9-24-13)14(21)20-4-2-16(3-5-20)6-11(16)15(22)23/h7-9,11H,2-6H2,1H3,(H,22,23). The van der Waals surface area contributed by atoms with Crippen molar-refractivity contribution >= 4 is 23.2 Å². The van der Waals surface area contributed by atoms with Gasteiger partial charge in [-0.25, -0.2) is 4.98 Å². The Morgan fingerprint density at radius 3 is 2.71 bits per heavy atom. The molecule has 8 heteroatoms. The molecule has 4 rings (SSSR count). The summed E-state index contributed by atoms with van der Waals surface area (Å²) in [6, 6.07) is 0. The number of piperidine rings is 1. The molecule has 1 atom stereocenters. The van der Waals surface area contributed by atoms with E-state index in [2.05, 4.69) is 10.1 Å².